The van der Waals surface area contributed by atoms with Crippen LogP contribution in [0.25, 0.3) is 5.57 Å². The molecule has 0 amide bonds. The maximum atomic E-state index is 9.24. The third-order valence-electron chi connectivity index (χ3n) is 5.96. The largest absolute Gasteiger partial charge is 0.482 e. The van der Waals surface area contributed by atoms with Gasteiger partial charge in [-0.2, -0.15) is 0 Å². The molecule has 2 aliphatic rings. The zero-order valence-corrected chi connectivity index (χ0v) is 20.9. The quantitative estimate of drug-likeness (QED) is 0.213. The molecule has 1 aromatic heterocycles. The predicted molar refractivity (Wildman–Crippen MR) is 141 cm³/mol. The van der Waals surface area contributed by atoms with Crippen LogP contribution in [0.2, 0.25) is 5.02 Å². The zero-order chi connectivity index (χ0) is 25.7. The van der Waals surface area contributed by atoms with Gasteiger partial charge in [0.15, 0.2) is 11.0 Å². The van der Waals surface area contributed by atoms with Gasteiger partial charge in [-0.15, -0.1) is 5.11 Å². The monoisotopic (exact) mass is 524 g/mol. The third-order valence-corrected chi connectivity index (χ3v) is 7.35. The topological polar surface area (TPSA) is 149 Å². The fourth-order valence-corrected chi connectivity index (χ4v) is 5.27. The summed E-state index contributed by atoms with van der Waals surface area (Å²) in [7, 11) is 0. The molecule has 0 radical (unpaired) electrons. The summed E-state index contributed by atoms with van der Waals surface area (Å²) < 4.78 is 6.56. The molecule has 0 unspecified atom stereocenters. The first-order valence-corrected chi connectivity index (χ1v) is 12.4. The van der Waals surface area contributed by atoms with Crippen LogP contribution in [0.3, 0.4) is 0 Å². The Morgan fingerprint density at radius 1 is 1.19 bits per heavy atom. The number of nitrogens with two attached hydrogens (primary N) is 1. The normalized spacial score (nSPS) is 15.6. The molecular formula is C25H25ClN6O3S. The van der Waals surface area contributed by atoms with E-state index in [1.54, 1.807) is 6.20 Å². The lowest BCUT2D eigenvalue weighted by molar-refractivity contribution is -0.135. The molecule has 3 aromatic rings. The number of fused-ring (bicyclic) bond motifs is 1. The number of nitrogens with zero attached hydrogens (tertiary/aromatic N) is 3. The molecule has 2 aliphatic heterocycles. The number of halogens is 1. The van der Waals surface area contributed by atoms with E-state index in [0.29, 0.717) is 4.88 Å². The fourth-order valence-electron chi connectivity index (χ4n) is 4.17. The molecule has 0 atom stereocenters. The number of carboxylic acid groups (broad SMARTS) is 1. The number of amidine groups is 1. The molecule has 186 valence electrons. The number of aromatic nitrogens is 1. The minimum absolute atomic E-state index is 0.0586. The van der Waals surface area contributed by atoms with Gasteiger partial charge in [0, 0.05) is 42.1 Å². The molecule has 0 saturated carbocycles. The van der Waals surface area contributed by atoms with Crippen LogP contribution in [0.5, 0.6) is 5.75 Å². The second-order valence-corrected chi connectivity index (χ2v) is 9.67. The molecule has 1 saturated heterocycles. The summed E-state index contributed by atoms with van der Waals surface area (Å²) in [6, 6.07) is 16.1. The number of benzene rings is 2. The van der Waals surface area contributed by atoms with Crippen LogP contribution in [0.1, 0.15) is 28.8 Å². The molecule has 0 bridgehead atoms. The number of carbonyl (C=O) groups is 1. The van der Waals surface area contributed by atoms with Gasteiger partial charge in [0.1, 0.15) is 11.4 Å². The smallest absolute Gasteiger partial charge is 0.317 e. The van der Waals surface area contributed by atoms with Crippen LogP contribution >= 0.6 is 22.9 Å². The number of piperidine rings is 1. The van der Waals surface area contributed by atoms with E-state index in [1.165, 1.54) is 11.3 Å². The second-order valence-electron chi connectivity index (χ2n) is 8.25. The zero-order valence-electron chi connectivity index (χ0n) is 19.3. The molecule has 5 N–H and O–H groups in total. The minimum Gasteiger partial charge on any atom is -0.482 e. The first-order chi connectivity index (χ1) is 17.4. The molecule has 9 nitrogen and oxygen atoms in total. The van der Waals surface area contributed by atoms with Gasteiger partial charge in [-0.3, -0.25) is 10.2 Å². The maximum Gasteiger partial charge on any atom is 0.317 e. The first-order valence-electron chi connectivity index (χ1n) is 11.2. The summed E-state index contributed by atoms with van der Waals surface area (Å²) in [6.45, 7) is 1.29. The lowest BCUT2D eigenvalue weighted by Crippen LogP contribution is -2.48. The van der Waals surface area contributed by atoms with E-state index >= 15 is 0 Å². The van der Waals surface area contributed by atoms with E-state index in [-0.39, 0.29) is 12.4 Å². The van der Waals surface area contributed by atoms with Crippen molar-refractivity contribution in [1.29, 1.82) is 10.9 Å². The van der Waals surface area contributed by atoms with Gasteiger partial charge in [0.05, 0.1) is 17.6 Å². The van der Waals surface area contributed by atoms with E-state index in [0.717, 1.165) is 58.5 Å². The average molecular weight is 525 g/mol. The Kier molecular flexibility index (Phi) is 7.78. The van der Waals surface area contributed by atoms with Crippen molar-refractivity contribution in [3.8, 4) is 5.75 Å². The van der Waals surface area contributed by atoms with Crippen molar-refractivity contribution in [2.75, 3.05) is 24.5 Å². The molecule has 0 aliphatic carbocycles. The van der Waals surface area contributed by atoms with Crippen LogP contribution in [-0.2, 0) is 4.79 Å². The third kappa shape index (κ3) is 5.46. The Morgan fingerprint density at radius 2 is 1.83 bits per heavy atom. The number of thiazole rings is 1. The number of ether oxygens (including phenoxy) is 1. The summed E-state index contributed by atoms with van der Waals surface area (Å²) in [5.74, 6) is -0.142. The summed E-state index contributed by atoms with van der Waals surface area (Å²) in [5, 5.41) is 20.1. The van der Waals surface area contributed by atoms with Crippen LogP contribution < -0.4 is 15.4 Å². The lowest BCUT2D eigenvalue weighted by atomic mass is 9.83. The summed E-state index contributed by atoms with van der Waals surface area (Å²) in [6.07, 6.45) is 5.48. The number of carboxylic acids is 1. The molecule has 3 heterocycles. The summed E-state index contributed by atoms with van der Waals surface area (Å²) >= 11 is 7.96. The van der Waals surface area contributed by atoms with Gasteiger partial charge < -0.3 is 20.5 Å². The van der Waals surface area contributed by atoms with Crippen molar-refractivity contribution in [2.45, 2.75) is 18.4 Å². The van der Waals surface area contributed by atoms with Crippen molar-refractivity contribution in [3.63, 3.8) is 0 Å². The fraction of sp³-hybridized carbons (Fsp3) is 0.240. The highest BCUT2D eigenvalue weighted by Crippen LogP contribution is 2.45. The Balaban J connectivity index is 0.000000556. The minimum atomic E-state index is -0.968. The number of anilines is 1. The van der Waals surface area contributed by atoms with Crippen LogP contribution in [0.4, 0.5) is 5.13 Å². The Morgan fingerprint density at radius 3 is 2.47 bits per heavy atom. The lowest BCUT2D eigenvalue weighted by Gasteiger charge is -2.43. The van der Waals surface area contributed by atoms with Crippen LogP contribution in [-0.4, -0.2) is 47.1 Å². The molecule has 1 spiro atoms. The SMILES string of the molecule is N=NC(=N)c1cnc(N2CCC3(C=C(c4ccccc4Cl)c4ccccc4O3)CC2)s1.NCC(=O)O. The van der Waals surface area contributed by atoms with Crippen molar-refractivity contribution in [3.05, 3.63) is 81.8 Å². The second kappa shape index (κ2) is 11.0. The molecule has 2 aromatic carbocycles. The first kappa shape index (κ1) is 25.5. The highest BCUT2D eigenvalue weighted by molar-refractivity contribution is 7.17. The van der Waals surface area contributed by atoms with Gasteiger partial charge in [0.25, 0.3) is 0 Å². The van der Waals surface area contributed by atoms with Gasteiger partial charge in [-0.1, -0.05) is 59.3 Å². The van der Waals surface area contributed by atoms with E-state index in [1.807, 2.05) is 36.4 Å². The van der Waals surface area contributed by atoms with Crippen molar-refractivity contribution in [1.82, 2.24) is 4.98 Å². The van der Waals surface area contributed by atoms with Crippen molar-refractivity contribution in [2.24, 2.45) is 10.8 Å². The number of para-hydroxylation sites is 1. The Bertz CT molecular complexity index is 1320. The van der Waals surface area contributed by atoms with Crippen molar-refractivity contribution >= 4 is 45.4 Å². The Labute approximate surface area is 217 Å². The molecule has 11 heteroatoms. The van der Waals surface area contributed by atoms with E-state index < -0.39 is 11.6 Å². The number of aliphatic carboxylic acids is 1. The standard InChI is InChI=1S/C23H20ClN5OS.C2H5NO2/c24-18-7-3-1-5-15(18)17-13-23(30-19-8-4-2-6-16(17)19)9-11-29(12-10-23)22-27-14-20(31-22)21(25)28-26;3-1-2(4)5/h1-8,13-14,25-26H,9-12H2;1,3H2,(H,4,5). The van der Waals surface area contributed by atoms with E-state index in [2.05, 4.69) is 38.9 Å². The van der Waals surface area contributed by atoms with Gasteiger partial charge in [0.2, 0.25) is 0 Å². The number of hydrogen-bond donors (Lipinski definition) is 4. The van der Waals surface area contributed by atoms with E-state index in [4.69, 9.17) is 32.4 Å². The molecule has 5 rings (SSSR count). The van der Waals surface area contributed by atoms with Crippen LogP contribution in [0.15, 0.2) is 65.9 Å². The predicted octanol–water partition coefficient (Wildman–Crippen LogP) is 5.05. The molecule has 1 fully saturated rings. The van der Waals surface area contributed by atoms with Gasteiger partial charge in [-0.05, 0) is 23.8 Å². The summed E-state index contributed by atoms with van der Waals surface area (Å²) in [4.78, 5) is 16.5. The highest BCUT2D eigenvalue weighted by Gasteiger charge is 2.39. The maximum absolute atomic E-state index is 9.24. The summed E-state index contributed by atoms with van der Waals surface area (Å²) in [5.41, 5.74) is 14.4. The number of rotatable bonds is 4. The van der Waals surface area contributed by atoms with E-state index in [9.17, 15) is 4.79 Å². The number of hydrogen-bond acceptors (Lipinski definition) is 8. The average Bonchev–Trinajstić information content (AvgIpc) is 3.39. The van der Waals surface area contributed by atoms with Crippen LogP contribution in [0, 0.1) is 10.9 Å². The highest BCUT2D eigenvalue weighted by atomic mass is 35.5. The van der Waals surface area contributed by atoms with Gasteiger partial charge in [-0.25, -0.2) is 10.5 Å². The van der Waals surface area contributed by atoms with Crippen molar-refractivity contribution < 1.29 is 14.6 Å². The molecular weight excluding hydrogens is 500 g/mol. The van der Waals surface area contributed by atoms with Gasteiger partial charge >= 0.3 is 5.97 Å². The Hall–Kier alpha value is -3.60. The molecule has 36 heavy (non-hydrogen) atoms. The number of nitrogens with one attached hydrogen (secondary N) is 2.